The Kier molecular flexibility index (Phi) is 6.82. The molecule has 0 radical (unpaired) electrons. The average Bonchev–Trinajstić information content (AvgIpc) is 2.80. The first kappa shape index (κ1) is 23.0. The highest BCUT2D eigenvalue weighted by Gasteiger charge is 2.62. The van der Waals surface area contributed by atoms with Crippen LogP contribution < -0.4 is 0 Å². The second kappa shape index (κ2) is 8.60. The highest BCUT2D eigenvalue weighted by Crippen LogP contribution is 2.50. The number of amides is 1. The van der Waals surface area contributed by atoms with E-state index in [1.54, 1.807) is 0 Å². The molecular formula is C18H25NO9S. The van der Waals surface area contributed by atoms with Gasteiger partial charge in [-0.15, -0.1) is 11.8 Å². The van der Waals surface area contributed by atoms with Crippen LogP contribution in [0.2, 0.25) is 0 Å². The third-order valence-corrected chi connectivity index (χ3v) is 6.08. The molecular weight excluding hydrogens is 406 g/mol. The maximum absolute atomic E-state index is 12.7. The first-order valence-corrected chi connectivity index (χ1v) is 9.88. The van der Waals surface area contributed by atoms with E-state index in [9.17, 15) is 24.0 Å². The van der Waals surface area contributed by atoms with E-state index in [-0.39, 0.29) is 5.91 Å². The number of thioether (sulfide) groups is 1. The minimum Gasteiger partial charge on any atom is -0.462 e. The van der Waals surface area contributed by atoms with Crippen molar-refractivity contribution in [3.05, 3.63) is 0 Å². The average molecular weight is 431 g/mol. The quantitative estimate of drug-likeness (QED) is 0.431. The lowest BCUT2D eigenvalue weighted by molar-refractivity contribution is -0.203. The van der Waals surface area contributed by atoms with Gasteiger partial charge in [0.05, 0.1) is 0 Å². The smallest absolute Gasteiger partial charge is 0.330 e. The molecule has 0 aromatic carbocycles. The van der Waals surface area contributed by atoms with Crippen molar-refractivity contribution in [1.82, 2.24) is 4.90 Å². The largest absolute Gasteiger partial charge is 0.462 e. The molecule has 2 rings (SSSR count). The van der Waals surface area contributed by atoms with Gasteiger partial charge in [-0.25, -0.2) is 4.79 Å². The molecule has 10 nitrogen and oxygen atoms in total. The van der Waals surface area contributed by atoms with Crippen molar-refractivity contribution < 1.29 is 42.9 Å². The van der Waals surface area contributed by atoms with E-state index in [1.807, 2.05) is 13.8 Å². The van der Waals surface area contributed by atoms with Crippen molar-refractivity contribution in [3.8, 4) is 0 Å². The second-order valence-corrected chi connectivity index (χ2v) is 9.14. The highest BCUT2D eigenvalue weighted by atomic mass is 32.2. The number of ether oxygens (including phenoxy) is 4. The third-order valence-electron chi connectivity index (χ3n) is 4.52. The lowest BCUT2D eigenvalue weighted by Crippen LogP contribution is -2.63. The molecule has 0 saturated carbocycles. The Hall–Kier alpha value is -2.30. The van der Waals surface area contributed by atoms with Crippen LogP contribution in [0, 0.1) is 0 Å². The predicted molar refractivity (Wildman–Crippen MR) is 99.4 cm³/mol. The molecule has 162 valence electrons. The van der Waals surface area contributed by atoms with Crippen LogP contribution >= 0.6 is 11.8 Å². The molecule has 0 N–H and O–H groups in total. The van der Waals surface area contributed by atoms with Crippen molar-refractivity contribution in [2.45, 2.75) is 76.0 Å². The number of hydrogen-bond donors (Lipinski definition) is 0. The molecule has 2 aliphatic rings. The summed E-state index contributed by atoms with van der Waals surface area (Å²) in [5, 5.41) is -0.676. The fourth-order valence-electron chi connectivity index (χ4n) is 3.54. The van der Waals surface area contributed by atoms with E-state index in [0.717, 1.165) is 13.8 Å². The lowest BCUT2D eigenvalue weighted by atomic mass is 9.97. The Morgan fingerprint density at radius 3 is 2.14 bits per heavy atom. The SMILES string of the molecule is CC(=O)OCC(OC(C)=O)C(OC(C)=O)C1OC(=O)C2N(C(C)=O)C1SC2(C)C. The summed E-state index contributed by atoms with van der Waals surface area (Å²) in [6.07, 6.45) is -3.64. The van der Waals surface area contributed by atoms with E-state index >= 15 is 0 Å². The van der Waals surface area contributed by atoms with Crippen LogP contribution in [0.1, 0.15) is 41.5 Å². The van der Waals surface area contributed by atoms with Crippen LogP contribution in [-0.2, 0) is 42.9 Å². The molecule has 2 saturated heterocycles. The second-order valence-electron chi connectivity index (χ2n) is 7.37. The molecule has 2 heterocycles. The van der Waals surface area contributed by atoms with Crippen molar-refractivity contribution in [2.24, 2.45) is 0 Å². The molecule has 5 atom stereocenters. The molecule has 11 heteroatoms. The summed E-state index contributed by atoms with van der Waals surface area (Å²) >= 11 is 1.32. The number of fused-ring (bicyclic) bond motifs is 2. The highest BCUT2D eigenvalue weighted by molar-refractivity contribution is 8.01. The maximum Gasteiger partial charge on any atom is 0.330 e. The minimum absolute atomic E-state index is 0.342. The molecule has 0 aromatic rings. The van der Waals surface area contributed by atoms with Crippen LogP contribution in [0.4, 0.5) is 0 Å². The standard InChI is InChI=1S/C18H25NO9S/c1-8(20)19-15-17(24)28-14(16(19)29-18(15,5)6)13(27-11(4)23)12(26-10(3)22)7-25-9(2)21/h12-16H,7H2,1-6H3. The van der Waals surface area contributed by atoms with Gasteiger partial charge in [0, 0.05) is 32.4 Å². The summed E-state index contributed by atoms with van der Waals surface area (Å²) in [5.41, 5.74) is 0. The Balaban J connectivity index is 2.45. The van der Waals surface area contributed by atoms with Crippen LogP contribution in [0.3, 0.4) is 0 Å². The number of rotatable bonds is 6. The van der Waals surface area contributed by atoms with Crippen LogP contribution in [-0.4, -0.2) is 75.8 Å². The van der Waals surface area contributed by atoms with E-state index in [0.29, 0.717) is 0 Å². The fourth-order valence-corrected chi connectivity index (χ4v) is 5.23. The van der Waals surface area contributed by atoms with Crippen LogP contribution in [0.25, 0.3) is 0 Å². The molecule has 2 fully saturated rings. The molecule has 2 aliphatic heterocycles. The summed E-state index contributed by atoms with van der Waals surface area (Å²) in [6, 6.07) is -0.801. The zero-order valence-corrected chi connectivity index (χ0v) is 17.9. The number of hydrogen-bond acceptors (Lipinski definition) is 10. The number of esters is 4. The van der Waals surface area contributed by atoms with Gasteiger partial charge in [-0.2, -0.15) is 0 Å². The molecule has 0 spiro atoms. The van der Waals surface area contributed by atoms with Crippen molar-refractivity contribution in [1.29, 1.82) is 0 Å². The summed E-state index contributed by atoms with van der Waals surface area (Å²) in [5.74, 6) is -3.05. The van der Waals surface area contributed by atoms with Gasteiger partial charge in [0.2, 0.25) is 5.91 Å². The van der Waals surface area contributed by atoms with Gasteiger partial charge in [-0.1, -0.05) is 0 Å². The Labute approximate surface area is 172 Å². The Bertz CT molecular complexity index is 722. The third kappa shape index (κ3) is 5.01. The molecule has 2 bridgehead atoms. The predicted octanol–water partition coefficient (Wildman–Crippen LogP) is 0.407. The van der Waals surface area contributed by atoms with Crippen LogP contribution in [0.5, 0.6) is 0 Å². The van der Waals surface area contributed by atoms with Gasteiger partial charge in [0.15, 0.2) is 18.3 Å². The Morgan fingerprint density at radius 2 is 1.66 bits per heavy atom. The monoisotopic (exact) mass is 431 g/mol. The van der Waals surface area contributed by atoms with E-state index in [4.69, 9.17) is 18.9 Å². The van der Waals surface area contributed by atoms with Gasteiger partial charge < -0.3 is 23.8 Å². The summed E-state index contributed by atoms with van der Waals surface area (Å²) in [6.45, 7) is 8.00. The summed E-state index contributed by atoms with van der Waals surface area (Å²) in [7, 11) is 0. The van der Waals surface area contributed by atoms with Gasteiger partial charge >= 0.3 is 23.9 Å². The van der Waals surface area contributed by atoms with Gasteiger partial charge in [0.25, 0.3) is 0 Å². The number of carbonyl (C=O) groups excluding carboxylic acids is 5. The zero-order valence-electron chi connectivity index (χ0n) is 17.1. The molecule has 1 amide bonds. The van der Waals surface area contributed by atoms with Crippen molar-refractivity contribution >= 4 is 41.5 Å². The zero-order chi connectivity index (χ0) is 22.1. The number of nitrogens with zero attached hydrogens (tertiary/aromatic N) is 1. The molecule has 0 aliphatic carbocycles. The molecule has 5 unspecified atom stereocenters. The van der Waals surface area contributed by atoms with Crippen molar-refractivity contribution in [3.63, 3.8) is 0 Å². The first-order chi connectivity index (χ1) is 13.3. The van der Waals surface area contributed by atoms with Crippen molar-refractivity contribution in [2.75, 3.05) is 6.61 Å². The topological polar surface area (TPSA) is 126 Å². The van der Waals surface area contributed by atoms with E-state index in [1.165, 1.54) is 30.5 Å². The van der Waals surface area contributed by atoms with Crippen LogP contribution in [0.15, 0.2) is 0 Å². The number of cyclic esters (lactones) is 1. The summed E-state index contributed by atoms with van der Waals surface area (Å²) < 4.78 is 20.4. The molecule has 0 aromatic heterocycles. The molecule has 29 heavy (non-hydrogen) atoms. The first-order valence-electron chi connectivity index (χ1n) is 9.00. The normalized spacial score (nSPS) is 26.8. The maximum atomic E-state index is 12.7. The van der Waals surface area contributed by atoms with Gasteiger partial charge in [-0.3, -0.25) is 19.2 Å². The van der Waals surface area contributed by atoms with E-state index in [2.05, 4.69) is 0 Å². The van der Waals surface area contributed by atoms with E-state index < -0.39 is 65.0 Å². The van der Waals surface area contributed by atoms with Gasteiger partial charge in [0.1, 0.15) is 18.0 Å². The Morgan fingerprint density at radius 1 is 1.07 bits per heavy atom. The lowest BCUT2D eigenvalue weighted by Gasteiger charge is -2.42. The minimum atomic E-state index is -1.28. The van der Waals surface area contributed by atoms with Gasteiger partial charge in [-0.05, 0) is 13.8 Å². The number of carbonyl (C=O) groups is 5. The fraction of sp³-hybridized carbons (Fsp3) is 0.722. The number of morpholine rings is 1. The summed E-state index contributed by atoms with van der Waals surface area (Å²) in [4.78, 5) is 61.0.